The molecule has 0 spiro atoms. The summed E-state index contributed by atoms with van der Waals surface area (Å²) < 4.78 is 13.1. The minimum absolute atomic E-state index is 0.0294. The number of carbonyl (C=O) groups excluding carboxylic acids is 1. The van der Waals surface area contributed by atoms with Crippen molar-refractivity contribution >= 4 is 5.91 Å². The van der Waals surface area contributed by atoms with Crippen molar-refractivity contribution in [3.63, 3.8) is 0 Å². The van der Waals surface area contributed by atoms with Crippen LogP contribution >= 0.6 is 0 Å². The molecule has 0 unspecified atom stereocenters. The maximum absolute atomic E-state index is 13.1. The van der Waals surface area contributed by atoms with Gasteiger partial charge in [0.15, 0.2) is 0 Å². The van der Waals surface area contributed by atoms with E-state index in [-0.39, 0.29) is 24.5 Å². The molecule has 0 radical (unpaired) electrons. The second-order valence-electron chi connectivity index (χ2n) is 3.00. The molecule has 0 atom stereocenters. The van der Waals surface area contributed by atoms with Crippen LogP contribution < -0.4 is 5.32 Å². The van der Waals surface area contributed by atoms with Crippen LogP contribution in [0.4, 0.5) is 4.39 Å². The average Bonchev–Trinajstić information content (AvgIpc) is 2.17. The standard InChI is InChI=1S/C10H12FNO3/c11-9-6-7(14)2-3-8(9)10(15)12-4-1-5-13/h2-3,6,13-14H,1,4-5H2,(H,12,15). The predicted octanol–water partition coefficient (Wildman–Crippen LogP) is 0.643. The Morgan fingerprint density at radius 1 is 1.47 bits per heavy atom. The first-order valence-corrected chi connectivity index (χ1v) is 4.52. The fourth-order valence-corrected chi connectivity index (χ4v) is 1.06. The van der Waals surface area contributed by atoms with Crippen LogP contribution in [-0.2, 0) is 0 Å². The summed E-state index contributed by atoms with van der Waals surface area (Å²) in [5.41, 5.74) is -0.120. The maximum Gasteiger partial charge on any atom is 0.254 e. The third-order valence-electron chi connectivity index (χ3n) is 1.82. The Morgan fingerprint density at radius 3 is 2.80 bits per heavy atom. The molecular formula is C10H12FNO3. The van der Waals surface area contributed by atoms with Gasteiger partial charge in [-0.1, -0.05) is 0 Å². The van der Waals surface area contributed by atoms with E-state index in [4.69, 9.17) is 10.2 Å². The SMILES string of the molecule is O=C(NCCCO)c1ccc(O)cc1F. The number of aliphatic hydroxyl groups is 1. The molecule has 15 heavy (non-hydrogen) atoms. The number of halogens is 1. The van der Waals surface area contributed by atoms with Crippen molar-refractivity contribution in [3.8, 4) is 5.75 Å². The fourth-order valence-electron chi connectivity index (χ4n) is 1.06. The number of hydrogen-bond donors (Lipinski definition) is 3. The number of phenols is 1. The van der Waals surface area contributed by atoms with Gasteiger partial charge < -0.3 is 15.5 Å². The number of amides is 1. The lowest BCUT2D eigenvalue weighted by Gasteiger charge is -2.05. The van der Waals surface area contributed by atoms with E-state index >= 15 is 0 Å². The molecule has 1 amide bonds. The van der Waals surface area contributed by atoms with Gasteiger partial charge in [-0.3, -0.25) is 4.79 Å². The Balaban J connectivity index is 2.65. The summed E-state index contributed by atoms with van der Waals surface area (Å²) >= 11 is 0. The van der Waals surface area contributed by atoms with Crippen molar-refractivity contribution in [1.29, 1.82) is 0 Å². The maximum atomic E-state index is 13.1. The molecule has 0 aliphatic rings. The first kappa shape index (κ1) is 11.5. The molecule has 1 aromatic rings. The van der Waals surface area contributed by atoms with Gasteiger partial charge in [0, 0.05) is 19.2 Å². The molecule has 82 valence electrons. The van der Waals surface area contributed by atoms with Crippen LogP contribution in [0, 0.1) is 5.82 Å². The minimum Gasteiger partial charge on any atom is -0.508 e. The fraction of sp³-hybridized carbons (Fsp3) is 0.300. The third-order valence-corrected chi connectivity index (χ3v) is 1.82. The third kappa shape index (κ3) is 3.21. The molecule has 0 heterocycles. The van der Waals surface area contributed by atoms with E-state index in [2.05, 4.69) is 5.32 Å². The molecule has 0 bridgehead atoms. The van der Waals surface area contributed by atoms with Crippen molar-refractivity contribution in [2.45, 2.75) is 6.42 Å². The summed E-state index contributed by atoms with van der Waals surface area (Å²) in [4.78, 5) is 11.3. The molecule has 1 aromatic carbocycles. The quantitative estimate of drug-likeness (QED) is 0.643. The average molecular weight is 213 g/mol. The number of nitrogens with one attached hydrogen (secondary N) is 1. The van der Waals surface area contributed by atoms with Crippen molar-refractivity contribution < 1.29 is 19.4 Å². The zero-order chi connectivity index (χ0) is 11.3. The summed E-state index contributed by atoms with van der Waals surface area (Å²) in [7, 11) is 0. The van der Waals surface area contributed by atoms with E-state index in [1.807, 2.05) is 0 Å². The smallest absolute Gasteiger partial charge is 0.254 e. The summed E-state index contributed by atoms with van der Waals surface area (Å²) in [6.07, 6.45) is 0.422. The Morgan fingerprint density at radius 2 is 2.20 bits per heavy atom. The van der Waals surface area contributed by atoms with Crippen LogP contribution in [0.1, 0.15) is 16.8 Å². The Labute approximate surface area is 86.4 Å². The highest BCUT2D eigenvalue weighted by atomic mass is 19.1. The monoisotopic (exact) mass is 213 g/mol. The molecule has 3 N–H and O–H groups in total. The highest BCUT2D eigenvalue weighted by Gasteiger charge is 2.10. The summed E-state index contributed by atoms with van der Waals surface area (Å²) in [6.45, 7) is 0.258. The van der Waals surface area contributed by atoms with E-state index in [0.29, 0.717) is 6.42 Å². The van der Waals surface area contributed by atoms with E-state index in [1.165, 1.54) is 12.1 Å². The van der Waals surface area contributed by atoms with Crippen LogP contribution in [0.25, 0.3) is 0 Å². The van der Waals surface area contributed by atoms with Gasteiger partial charge in [0.2, 0.25) is 0 Å². The normalized spacial score (nSPS) is 10.0. The van der Waals surface area contributed by atoms with Crippen molar-refractivity contribution in [2.75, 3.05) is 13.2 Å². The van der Waals surface area contributed by atoms with Gasteiger partial charge in [-0.15, -0.1) is 0 Å². The lowest BCUT2D eigenvalue weighted by molar-refractivity contribution is 0.0947. The summed E-state index contributed by atoms with van der Waals surface area (Å²) in [5, 5.41) is 19.9. The number of benzene rings is 1. The van der Waals surface area contributed by atoms with Gasteiger partial charge in [-0.05, 0) is 18.6 Å². The highest BCUT2D eigenvalue weighted by Crippen LogP contribution is 2.14. The lowest BCUT2D eigenvalue weighted by Crippen LogP contribution is -2.25. The number of aromatic hydroxyl groups is 1. The van der Waals surface area contributed by atoms with E-state index in [0.717, 1.165) is 6.07 Å². The molecule has 5 heteroatoms. The summed E-state index contributed by atoms with van der Waals surface area (Å²) in [6, 6.07) is 3.32. The Kier molecular flexibility index (Phi) is 4.05. The van der Waals surface area contributed by atoms with E-state index in [9.17, 15) is 9.18 Å². The van der Waals surface area contributed by atoms with Crippen LogP contribution in [0.2, 0.25) is 0 Å². The topological polar surface area (TPSA) is 69.6 Å². The number of rotatable bonds is 4. The molecule has 0 aliphatic carbocycles. The molecule has 0 saturated heterocycles. The molecule has 0 aromatic heterocycles. The first-order chi connectivity index (χ1) is 7.15. The number of phenolic OH excluding ortho intramolecular Hbond substituents is 1. The lowest BCUT2D eigenvalue weighted by atomic mass is 10.2. The van der Waals surface area contributed by atoms with Crippen LogP contribution in [0.5, 0.6) is 5.75 Å². The Hall–Kier alpha value is -1.62. The van der Waals surface area contributed by atoms with Gasteiger partial charge in [0.25, 0.3) is 5.91 Å². The van der Waals surface area contributed by atoms with Crippen molar-refractivity contribution in [3.05, 3.63) is 29.6 Å². The minimum atomic E-state index is -0.767. The zero-order valence-corrected chi connectivity index (χ0v) is 8.03. The zero-order valence-electron chi connectivity index (χ0n) is 8.03. The summed E-state index contributed by atoms with van der Waals surface area (Å²) in [5.74, 6) is -1.54. The van der Waals surface area contributed by atoms with Gasteiger partial charge in [0.1, 0.15) is 11.6 Å². The first-order valence-electron chi connectivity index (χ1n) is 4.52. The van der Waals surface area contributed by atoms with Gasteiger partial charge in [0.05, 0.1) is 5.56 Å². The molecule has 0 saturated carbocycles. The number of aliphatic hydroxyl groups excluding tert-OH is 1. The molecule has 4 nitrogen and oxygen atoms in total. The van der Waals surface area contributed by atoms with Gasteiger partial charge in [-0.2, -0.15) is 0 Å². The van der Waals surface area contributed by atoms with Gasteiger partial charge >= 0.3 is 0 Å². The van der Waals surface area contributed by atoms with E-state index in [1.54, 1.807) is 0 Å². The van der Waals surface area contributed by atoms with Gasteiger partial charge in [-0.25, -0.2) is 4.39 Å². The predicted molar refractivity (Wildman–Crippen MR) is 52.1 cm³/mol. The van der Waals surface area contributed by atoms with E-state index < -0.39 is 11.7 Å². The molecule has 1 rings (SSSR count). The highest BCUT2D eigenvalue weighted by molar-refractivity contribution is 5.94. The van der Waals surface area contributed by atoms with Crippen LogP contribution in [0.3, 0.4) is 0 Å². The largest absolute Gasteiger partial charge is 0.508 e. The number of hydrogen-bond acceptors (Lipinski definition) is 3. The second kappa shape index (κ2) is 5.31. The molecular weight excluding hydrogens is 201 g/mol. The Bertz CT molecular complexity index is 355. The molecule has 0 fully saturated rings. The number of carbonyl (C=O) groups is 1. The second-order valence-corrected chi connectivity index (χ2v) is 3.00. The molecule has 0 aliphatic heterocycles. The van der Waals surface area contributed by atoms with Crippen LogP contribution in [-0.4, -0.2) is 29.3 Å². The van der Waals surface area contributed by atoms with Crippen molar-refractivity contribution in [2.24, 2.45) is 0 Å². The van der Waals surface area contributed by atoms with Crippen LogP contribution in [0.15, 0.2) is 18.2 Å². The van der Waals surface area contributed by atoms with Crippen molar-refractivity contribution in [1.82, 2.24) is 5.32 Å².